The number of carbonyl (C=O) groups excluding carboxylic acids is 1. The van der Waals surface area contributed by atoms with E-state index in [9.17, 15) is 9.18 Å². The third-order valence-electron chi connectivity index (χ3n) is 5.63. The van der Waals surface area contributed by atoms with Gasteiger partial charge in [-0.2, -0.15) is 10.1 Å². The van der Waals surface area contributed by atoms with Crippen molar-refractivity contribution in [1.82, 2.24) is 29.4 Å². The maximum Gasteiger partial charge on any atom is 0.293 e. The van der Waals surface area contributed by atoms with Crippen LogP contribution in [0.1, 0.15) is 42.1 Å². The van der Waals surface area contributed by atoms with Crippen LogP contribution >= 0.6 is 0 Å². The smallest absolute Gasteiger partial charge is 0.293 e. The van der Waals surface area contributed by atoms with E-state index in [1.165, 1.54) is 12.1 Å². The lowest BCUT2D eigenvalue weighted by molar-refractivity contribution is 0.0667. The average molecular weight is 409 g/mol. The SMILES string of the molecule is CC1(C)Cc2c(cnn2-c2ccc(F)cc2)CN(C(=O)c2nc3n(n2)CCCN3)C1. The Balaban J connectivity index is 1.47. The fourth-order valence-electron chi connectivity index (χ4n) is 4.25. The van der Waals surface area contributed by atoms with Crippen LogP contribution in [0, 0.1) is 11.2 Å². The number of nitrogens with one attached hydrogen (secondary N) is 1. The number of fused-ring (bicyclic) bond motifs is 2. The largest absolute Gasteiger partial charge is 0.354 e. The van der Waals surface area contributed by atoms with Crippen molar-refractivity contribution >= 4 is 11.9 Å². The quantitative estimate of drug-likeness (QED) is 0.704. The van der Waals surface area contributed by atoms with Gasteiger partial charge in [-0.05, 0) is 42.5 Å². The molecule has 0 saturated heterocycles. The second-order valence-corrected chi connectivity index (χ2v) is 8.77. The van der Waals surface area contributed by atoms with Gasteiger partial charge in [0.1, 0.15) is 5.82 Å². The van der Waals surface area contributed by atoms with E-state index in [0.29, 0.717) is 19.0 Å². The number of aromatic nitrogens is 5. The number of benzene rings is 1. The van der Waals surface area contributed by atoms with E-state index in [0.717, 1.165) is 42.9 Å². The molecule has 1 aromatic carbocycles. The monoisotopic (exact) mass is 409 g/mol. The fourth-order valence-corrected chi connectivity index (χ4v) is 4.25. The van der Waals surface area contributed by atoms with E-state index in [1.54, 1.807) is 23.0 Å². The molecule has 2 aliphatic heterocycles. The molecule has 5 rings (SSSR count). The van der Waals surface area contributed by atoms with Gasteiger partial charge in [0.2, 0.25) is 11.8 Å². The lowest BCUT2D eigenvalue weighted by atomic mass is 9.87. The molecule has 0 bridgehead atoms. The molecule has 0 aliphatic carbocycles. The molecule has 4 heterocycles. The summed E-state index contributed by atoms with van der Waals surface area (Å²) in [5.41, 5.74) is 2.67. The van der Waals surface area contributed by atoms with Gasteiger partial charge in [-0.25, -0.2) is 13.8 Å². The highest BCUT2D eigenvalue weighted by Crippen LogP contribution is 2.32. The lowest BCUT2D eigenvalue weighted by Crippen LogP contribution is -2.38. The Morgan fingerprint density at radius 1 is 1.23 bits per heavy atom. The van der Waals surface area contributed by atoms with Crippen LogP contribution in [0.3, 0.4) is 0 Å². The summed E-state index contributed by atoms with van der Waals surface area (Å²) in [6.45, 7) is 6.91. The average Bonchev–Trinajstić information content (AvgIpc) is 3.28. The molecule has 9 heteroatoms. The first-order valence-corrected chi connectivity index (χ1v) is 10.2. The van der Waals surface area contributed by atoms with Gasteiger partial charge in [0.15, 0.2) is 0 Å². The zero-order valence-corrected chi connectivity index (χ0v) is 17.1. The molecular formula is C21H24FN7O. The highest BCUT2D eigenvalue weighted by atomic mass is 19.1. The molecule has 0 fully saturated rings. The number of carbonyl (C=O) groups is 1. The van der Waals surface area contributed by atoms with Gasteiger partial charge in [0, 0.05) is 37.4 Å². The minimum Gasteiger partial charge on any atom is -0.354 e. The van der Waals surface area contributed by atoms with Gasteiger partial charge in [0.25, 0.3) is 5.91 Å². The van der Waals surface area contributed by atoms with E-state index in [1.807, 2.05) is 9.58 Å². The molecule has 30 heavy (non-hydrogen) atoms. The van der Waals surface area contributed by atoms with Crippen LogP contribution in [0.2, 0.25) is 0 Å². The predicted octanol–water partition coefficient (Wildman–Crippen LogP) is 2.64. The van der Waals surface area contributed by atoms with E-state index >= 15 is 0 Å². The molecule has 0 atom stereocenters. The van der Waals surface area contributed by atoms with Crippen molar-refractivity contribution in [2.24, 2.45) is 5.41 Å². The maximum atomic E-state index is 13.4. The second kappa shape index (κ2) is 6.93. The molecule has 156 valence electrons. The lowest BCUT2D eigenvalue weighted by Gasteiger charge is -2.29. The van der Waals surface area contributed by atoms with Gasteiger partial charge in [-0.15, -0.1) is 5.10 Å². The summed E-state index contributed by atoms with van der Waals surface area (Å²) in [6, 6.07) is 6.30. The predicted molar refractivity (Wildman–Crippen MR) is 109 cm³/mol. The summed E-state index contributed by atoms with van der Waals surface area (Å²) >= 11 is 0. The molecule has 8 nitrogen and oxygen atoms in total. The molecule has 0 saturated carbocycles. The first kappa shape index (κ1) is 18.8. The van der Waals surface area contributed by atoms with E-state index in [4.69, 9.17) is 0 Å². The highest BCUT2D eigenvalue weighted by Gasteiger charge is 2.34. The normalized spacial score (nSPS) is 17.6. The fraction of sp³-hybridized carbons (Fsp3) is 0.429. The Labute approximate surface area is 173 Å². The van der Waals surface area contributed by atoms with E-state index in [-0.39, 0.29) is 23.0 Å². The zero-order chi connectivity index (χ0) is 20.9. The third-order valence-corrected chi connectivity index (χ3v) is 5.63. The van der Waals surface area contributed by atoms with E-state index < -0.39 is 0 Å². The van der Waals surface area contributed by atoms with Crippen molar-refractivity contribution in [3.05, 3.63) is 53.4 Å². The first-order chi connectivity index (χ1) is 14.4. The Hall–Kier alpha value is -3.23. The standard InChI is InChI=1S/C21H24FN7O/c1-21(2)10-17-14(11-24-29(17)16-6-4-15(22)5-7-16)12-27(13-21)19(30)18-25-20-23-8-3-9-28(20)26-18/h4-7,11H,3,8-10,12-13H2,1-2H3,(H,23,25,26). The van der Waals surface area contributed by atoms with Crippen molar-refractivity contribution < 1.29 is 9.18 Å². The van der Waals surface area contributed by atoms with Crippen molar-refractivity contribution in [3.63, 3.8) is 0 Å². The number of aryl methyl sites for hydroxylation is 1. The van der Waals surface area contributed by atoms with Crippen molar-refractivity contribution in [2.75, 3.05) is 18.4 Å². The van der Waals surface area contributed by atoms with Crippen LogP contribution in [-0.2, 0) is 19.5 Å². The molecule has 3 aromatic rings. The van der Waals surface area contributed by atoms with Gasteiger partial charge < -0.3 is 10.2 Å². The van der Waals surface area contributed by atoms with Crippen molar-refractivity contribution in [3.8, 4) is 5.69 Å². The van der Waals surface area contributed by atoms with Gasteiger partial charge >= 0.3 is 0 Å². The number of amides is 1. The topological polar surface area (TPSA) is 80.9 Å². The Morgan fingerprint density at radius 2 is 2.03 bits per heavy atom. The summed E-state index contributed by atoms with van der Waals surface area (Å²) < 4.78 is 17.0. The van der Waals surface area contributed by atoms with Crippen LogP contribution in [0.4, 0.5) is 10.3 Å². The molecule has 0 spiro atoms. The summed E-state index contributed by atoms with van der Waals surface area (Å²) in [7, 11) is 0. The van der Waals surface area contributed by atoms with Crippen LogP contribution < -0.4 is 5.32 Å². The molecule has 2 aliphatic rings. The number of hydrogen-bond donors (Lipinski definition) is 1. The summed E-state index contributed by atoms with van der Waals surface area (Å²) in [4.78, 5) is 19.5. The zero-order valence-electron chi connectivity index (χ0n) is 17.1. The number of nitrogens with zero attached hydrogens (tertiary/aromatic N) is 6. The number of anilines is 1. The summed E-state index contributed by atoms with van der Waals surface area (Å²) in [5, 5.41) is 12.1. The second-order valence-electron chi connectivity index (χ2n) is 8.77. The maximum absolute atomic E-state index is 13.4. The third kappa shape index (κ3) is 3.34. The van der Waals surface area contributed by atoms with Gasteiger partial charge in [-0.1, -0.05) is 13.8 Å². The Bertz CT molecular complexity index is 1080. The highest BCUT2D eigenvalue weighted by molar-refractivity contribution is 5.90. The number of rotatable bonds is 2. The molecule has 0 radical (unpaired) electrons. The molecule has 0 unspecified atom stereocenters. The van der Waals surface area contributed by atoms with Crippen molar-refractivity contribution in [1.29, 1.82) is 0 Å². The Morgan fingerprint density at radius 3 is 2.80 bits per heavy atom. The van der Waals surface area contributed by atoms with Crippen LogP contribution in [-0.4, -0.2) is 48.4 Å². The summed E-state index contributed by atoms with van der Waals surface area (Å²) in [5.74, 6) is 0.432. The minimum atomic E-state index is -0.279. The molecular weight excluding hydrogens is 385 g/mol. The van der Waals surface area contributed by atoms with Crippen LogP contribution in [0.25, 0.3) is 5.69 Å². The van der Waals surface area contributed by atoms with Gasteiger partial charge in [0.05, 0.1) is 11.9 Å². The molecule has 1 N–H and O–H groups in total. The van der Waals surface area contributed by atoms with E-state index in [2.05, 4.69) is 34.3 Å². The van der Waals surface area contributed by atoms with Gasteiger partial charge in [-0.3, -0.25) is 4.79 Å². The molecule has 2 aromatic heterocycles. The first-order valence-electron chi connectivity index (χ1n) is 10.2. The summed E-state index contributed by atoms with van der Waals surface area (Å²) in [6.07, 6.45) is 3.51. The number of halogens is 1. The van der Waals surface area contributed by atoms with Crippen LogP contribution in [0.5, 0.6) is 0 Å². The Kier molecular flexibility index (Phi) is 4.34. The van der Waals surface area contributed by atoms with Crippen LogP contribution in [0.15, 0.2) is 30.5 Å². The number of hydrogen-bond acceptors (Lipinski definition) is 5. The minimum absolute atomic E-state index is 0.170. The van der Waals surface area contributed by atoms with Crippen molar-refractivity contribution in [2.45, 2.75) is 39.8 Å². The molecule has 1 amide bonds.